The van der Waals surface area contributed by atoms with Crippen molar-refractivity contribution in [1.82, 2.24) is 0 Å². The minimum atomic E-state index is -0.702. The first-order chi connectivity index (χ1) is 8.57. The number of carbonyl (C=O) groups excluding carboxylic acids is 1. The van der Waals surface area contributed by atoms with Crippen LogP contribution in [0.3, 0.4) is 0 Å². The van der Waals surface area contributed by atoms with Crippen LogP contribution in [0, 0.1) is 5.41 Å². The van der Waals surface area contributed by atoms with Gasteiger partial charge >= 0.3 is 0 Å². The van der Waals surface area contributed by atoms with Gasteiger partial charge in [-0.05, 0) is 12.1 Å². The second-order valence-electron chi connectivity index (χ2n) is 4.95. The van der Waals surface area contributed by atoms with E-state index in [9.17, 15) is 9.90 Å². The molecule has 1 saturated heterocycles. The molecule has 0 spiro atoms. The monoisotopic (exact) mass is 266 g/mol. The molecule has 1 aliphatic rings. The van der Waals surface area contributed by atoms with Crippen LogP contribution in [-0.4, -0.2) is 36.0 Å². The van der Waals surface area contributed by atoms with E-state index in [4.69, 9.17) is 4.74 Å². The lowest BCUT2D eigenvalue weighted by atomic mass is 9.79. The highest BCUT2D eigenvalue weighted by Gasteiger charge is 2.45. The summed E-state index contributed by atoms with van der Waals surface area (Å²) in [5.41, 5.74) is -0.0485. The predicted molar refractivity (Wildman–Crippen MR) is 72.1 cm³/mol. The number of aliphatic hydroxyl groups excluding tert-OH is 1. The maximum Gasteiger partial charge on any atom is 0.175 e. The number of Topliss-reactive ketones (excluding diaryl/α,β-unsaturated/α-hetero) is 1. The van der Waals surface area contributed by atoms with E-state index >= 15 is 0 Å². The Morgan fingerprint density at radius 3 is 2.39 bits per heavy atom. The quantitative estimate of drug-likeness (QED) is 0.656. The molecule has 1 aromatic rings. The molecule has 2 rings (SSSR count). The number of thioether (sulfide) groups is 1. The average Bonchev–Trinajstić information content (AvgIpc) is 2.28. The summed E-state index contributed by atoms with van der Waals surface area (Å²) in [5, 5.41) is 9.86. The third kappa shape index (κ3) is 2.60. The highest BCUT2D eigenvalue weighted by atomic mass is 32.2. The molecule has 0 aliphatic carbocycles. The fraction of sp³-hybridized carbons (Fsp3) is 0.500. The first kappa shape index (κ1) is 13.6. The maximum absolute atomic E-state index is 12.3. The van der Waals surface area contributed by atoms with Crippen molar-refractivity contribution in [3.8, 4) is 0 Å². The van der Waals surface area contributed by atoms with E-state index in [0.29, 0.717) is 24.0 Å². The van der Waals surface area contributed by atoms with Gasteiger partial charge in [0, 0.05) is 15.7 Å². The molecule has 18 heavy (non-hydrogen) atoms. The van der Waals surface area contributed by atoms with Crippen molar-refractivity contribution in [3.63, 3.8) is 0 Å². The van der Waals surface area contributed by atoms with Gasteiger partial charge < -0.3 is 9.84 Å². The Kier molecular flexibility index (Phi) is 4.10. The van der Waals surface area contributed by atoms with E-state index in [0.717, 1.165) is 4.90 Å². The first-order valence-corrected chi connectivity index (χ1v) is 6.95. The number of benzene rings is 1. The molecular formula is C14H18O3S. The molecule has 1 heterocycles. The smallest absolute Gasteiger partial charge is 0.175 e. The van der Waals surface area contributed by atoms with Crippen LogP contribution in [0.2, 0.25) is 0 Å². The molecule has 3 nitrogen and oxygen atoms in total. The number of ether oxygens (including phenoxy) is 1. The maximum atomic E-state index is 12.3. The third-order valence-corrected chi connectivity index (χ3v) is 4.05. The lowest BCUT2D eigenvalue weighted by Crippen LogP contribution is -2.51. The standard InChI is InChI=1S/C14H18O3S/c1-10(2)18-12-5-3-11(4-6-12)13(16)14(7-15)8-17-9-14/h3-6,10,15H,7-9H2,1-2H3. The normalized spacial score (nSPS) is 17.6. The lowest BCUT2D eigenvalue weighted by Gasteiger charge is -2.38. The van der Waals surface area contributed by atoms with E-state index in [-0.39, 0.29) is 12.4 Å². The average molecular weight is 266 g/mol. The Hall–Kier alpha value is -0.840. The van der Waals surface area contributed by atoms with Gasteiger partial charge in [0.25, 0.3) is 0 Å². The molecule has 0 saturated carbocycles. The van der Waals surface area contributed by atoms with Crippen molar-refractivity contribution < 1.29 is 14.6 Å². The molecule has 0 amide bonds. The van der Waals surface area contributed by atoms with Gasteiger partial charge in [-0.1, -0.05) is 26.0 Å². The topological polar surface area (TPSA) is 46.5 Å². The van der Waals surface area contributed by atoms with Gasteiger partial charge in [-0.15, -0.1) is 11.8 Å². The number of ketones is 1. The predicted octanol–water partition coefficient (Wildman–Crippen LogP) is 2.38. The molecule has 0 aromatic heterocycles. The molecule has 0 atom stereocenters. The van der Waals surface area contributed by atoms with Crippen molar-refractivity contribution in [2.24, 2.45) is 5.41 Å². The molecule has 4 heteroatoms. The summed E-state index contributed by atoms with van der Waals surface area (Å²) in [4.78, 5) is 13.4. The highest BCUT2D eigenvalue weighted by molar-refractivity contribution is 7.99. The summed E-state index contributed by atoms with van der Waals surface area (Å²) in [6.45, 7) is 4.77. The molecule has 1 N–H and O–H groups in total. The van der Waals surface area contributed by atoms with Gasteiger partial charge in [0.1, 0.15) is 5.41 Å². The summed E-state index contributed by atoms with van der Waals surface area (Å²) in [5.74, 6) is -0.0163. The summed E-state index contributed by atoms with van der Waals surface area (Å²) >= 11 is 1.77. The number of hydrogen-bond donors (Lipinski definition) is 1. The van der Waals surface area contributed by atoms with Crippen LogP contribution in [0.25, 0.3) is 0 Å². The Labute approximate surface area is 112 Å². The number of hydrogen-bond acceptors (Lipinski definition) is 4. The minimum Gasteiger partial charge on any atom is -0.395 e. The zero-order chi connectivity index (χ0) is 13.2. The molecule has 0 bridgehead atoms. The van der Waals surface area contributed by atoms with Crippen LogP contribution in [0.1, 0.15) is 24.2 Å². The van der Waals surface area contributed by atoms with Crippen LogP contribution < -0.4 is 0 Å². The van der Waals surface area contributed by atoms with E-state index in [2.05, 4.69) is 13.8 Å². The van der Waals surface area contributed by atoms with Crippen LogP contribution >= 0.6 is 11.8 Å². The minimum absolute atomic E-state index is 0.0163. The fourth-order valence-electron chi connectivity index (χ4n) is 1.91. The molecule has 0 radical (unpaired) electrons. The van der Waals surface area contributed by atoms with Gasteiger partial charge in [-0.25, -0.2) is 0 Å². The molecule has 1 aromatic carbocycles. The number of rotatable bonds is 5. The van der Waals surface area contributed by atoms with Gasteiger partial charge in [0.05, 0.1) is 19.8 Å². The van der Waals surface area contributed by atoms with Crippen molar-refractivity contribution in [2.45, 2.75) is 24.0 Å². The van der Waals surface area contributed by atoms with E-state index in [1.165, 1.54) is 0 Å². The van der Waals surface area contributed by atoms with Crippen LogP contribution in [0.4, 0.5) is 0 Å². The molecule has 98 valence electrons. The van der Waals surface area contributed by atoms with Crippen molar-refractivity contribution >= 4 is 17.5 Å². The van der Waals surface area contributed by atoms with Crippen LogP contribution in [-0.2, 0) is 4.74 Å². The zero-order valence-corrected chi connectivity index (χ0v) is 11.5. The van der Waals surface area contributed by atoms with Crippen LogP contribution in [0.15, 0.2) is 29.2 Å². The van der Waals surface area contributed by atoms with E-state index in [1.807, 2.05) is 24.3 Å². The van der Waals surface area contributed by atoms with Crippen molar-refractivity contribution in [1.29, 1.82) is 0 Å². The third-order valence-electron chi connectivity index (χ3n) is 3.03. The first-order valence-electron chi connectivity index (χ1n) is 6.07. The fourth-order valence-corrected chi connectivity index (χ4v) is 2.74. The molecule has 1 aliphatic heterocycles. The van der Waals surface area contributed by atoms with Gasteiger partial charge in [0.2, 0.25) is 0 Å². The lowest BCUT2D eigenvalue weighted by molar-refractivity contribution is -0.109. The highest BCUT2D eigenvalue weighted by Crippen LogP contribution is 2.32. The van der Waals surface area contributed by atoms with Crippen molar-refractivity contribution in [3.05, 3.63) is 29.8 Å². The Bertz CT molecular complexity index is 416. The summed E-state index contributed by atoms with van der Waals surface area (Å²) in [7, 11) is 0. The van der Waals surface area contributed by atoms with Crippen molar-refractivity contribution in [2.75, 3.05) is 19.8 Å². The summed E-state index contributed by atoms with van der Waals surface area (Å²) in [6.07, 6.45) is 0. The van der Waals surface area contributed by atoms with Gasteiger partial charge in [0.15, 0.2) is 5.78 Å². The zero-order valence-electron chi connectivity index (χ0n) is 10.7. The van der Waals surface area contributed by atoms with Gasteiger partial charge in [-0.2, -0.15) is 0 Å². The largest absolute Gasteiger partial charge is 0.395 e. The Morgan fingerprint density at radius 1 is 1.39 bits per heavy atom. The number of carbonyl (C=O) groups is 1. The second kappa shape index (κ2) is 5.43. The molecule has 0 unspecified atom stereocenters. The Balaban J connectivity index is 2.12. The Morgan fingerprint density at radius 2 is 2.00 bits per heavy atom. The molecular weight excluding hydrogens is 248 g/mol. The van der Waals surface area contributed by atoms with Crippen LogP contribution in [0.5, 0.6) is 0 Å². The van der Waals surface area contributed by atoms with Gasteiger partial charge in [-0.3, -0.25) is 4.79 Å². The molecule has 1 fully saturated rings. The summed E-state index contributed by atoms with van der Waals surface area (Å²) in [6, 6.07) is 7.59. The van der Waals surface area contributed by atoms with E-state index in [1.54, 1.807) is 11.8 Å². The second-order valence-corrected chi connectivity index (χ2v) is 6.60. The SMILES string of the molecule is CC(C)Sc1ccc(C(=O)C2(CO)COC2)cc1. The summed E-state index contributed by atoms with van der Waals surface area (Å²) < 4.78 is 5.06. The number of aliphatic hydroxyl groups is 1. The van der Waals surface area contributed by atoms with E-state index < -0.39 is 5.41 Å².